The number of aromatic nitrogens is 3. The van der Waals surface area contributed by atoms with Gasteiger partial charge >= 0.3 is 0 Å². The minimum Gasteiger partial charge on any atom is -0.324 e. The standard InChI is InChI=1S/C23H18BrClN4O3S2/c24-22-27-28-23(33-12-21(30)26-19-9-7-14(34(31)32)11-18(19)25)29(22)20-10-8-15(13-5-6-13)16-3-1-2-4-17(16)20/h1-4,7-11,13H,5-6,12H2,(H,26,30)(H,31,32). The number of amides is 1. The van der Waals surface area contributed by atoms with E-state index in [1.165, 1.54) is 53.8 Å². The van der Waals surface area contributed by atoms with Crippen LogP contribution in [-0.4, -0.2) is 35.2 Å². The van der Waals surface area contributed by atoms with Crippen molar-refractivity contribution in [3.8, 4) is 5.69 Å². The zero-order valence-electron chi connectivity index (χ0n) is 17.6. The lowest BCUT2D eigenvalue weighted by Gasteiger charge is -2.14. The number of carbonyl (C=O) groups excluding carboxylic acids is 1. The van der Waals surface area contributed by atoms with Crippen LogP contribution in [0.15, 0.2) is 69.4 Å². The third-order valence-electron chi connectivity index (χ3n) is 5.54. The molecule has 0 bridgehead atoms. The summed E-state index contributed by atoms with van der Waals surface area (Å²) in [6, 6.07) is 16.9. The second-order valence-corrected chi connectivity index (χ2v) is 10.8. The lowest BCUT2D eigenvalue weighted by atomic mass is 9.99. The van der Waals surface area contributed by atoms with Gasteiger partial charge in [0, 0.05) is 5.39 Å². The Morgan fingerprint density at radius 3 is 2.65 bits per heavy atom. The average Bonchev–Trinajstić information content (AvgIpc) is 3.61. The van der Waals surface area contributed by atoms with Crippen LogP contribution in [0.2, 0.25) is 5.02 Å². The second-order valence-electron chi connectivity index (χ2n) is 7.81. The Labute approximate surface area is 215 Å². The first-order valence-electron chi connectivity index (χ1n) is 10.4. The molecule has 5 rings (SSSR count). The van der Waals surface area contributed by atoms with Crippen molar-refractivity contribution in [1.82, 2.24) is 14.8 Å². The highest BCUT2D eigenvalue weighted by Gasteiger charge is 2.26. The molecule has 11 heteroatoms. The minimum absolute atomic E-state index is 0.0766. The van der Waals surface area contributed by atoms with E-state index >= 15 is 0 Å². The van der Waals surface area contributed by atoms with E-state index in [2.05, 4.69) is 61.8 Å². The van der Waals surface area contributed by atoms with Gasteiger partial charge in [0.05, 0.1) is 27.0 Å². The van der Waals surface area contributed by atoms with Gasteiger partial charge in [-0.3, -0.25) is 9.36 Å². The van der Waals surface area contributed by atoms with Crippen LogP contribution in [0.3, 0.4) is 0 Å². The number of carbonyl (C=O) groups is 1. The molecular weight excluding hydrogens is 560 g/mol. The molecule has 0 saturated heterocycles. The molecule has 1 amide bonds. The molecule has 34 heavy (non-hydrogen) atoms. The predicted molar refractivity (Wildman–Crippen MR) is 138 cm³/mol. The minimum atomic E-state index is -2.14. The number of nitrogens with zero attached hydrogens (tertiary/aromatic N) is 3. The molecule has 0 aliphatic heterocycles. The van der Waals surface area contributed by atoms with Crippen molar-refractivity contribution in [3.05, 3.63) is 69.9 Å². The highest BCUT2D eigenvalue weighted by atomic mass is 79.9. The van der Waals surface area contributed by atoms with E-state index < -0.39 is 11.1 Å². The van der Waals surface area contributed by atoms with Gasteiger partial charge in [0.15, 0.2) is 16.2 Å². The van der Waals surface area contributed by atoms with Crippen molar-refractivity contribution in [1.29, 1.82) is 0 Å². The summed E-state index contributed by atoms with van der Waals surface area (Å²) in [6.07, 6.45) is 2.45. The molecule has 3 aromatic carbocycles. The maximum atomic E-state index is 12.6. The van der Waals surface area contributed by atoms with Crippen molar-refractivity contribution in [2.45, 2.75) is 28.8 Å². The molecule has 1 unspecified atom stereocenters. The van der Waals surface area contributed by atoms with Gasteiger partial charge in [0.25, 0.3) is 0 Å². The highest BCUT2D eigenvalue weighted by molar-refractivity contribution is 9.10. The van der Waals surface area contributed by atoms with Crippen LogP contribution < -0.4 is 5.32 Å². The number of hydrogen-bond acceptors (Lipinski definition) is 5. The molecule has 7 nitrogen and oxygen atoms in total. The number of hydrogen-bond donors (Lipinski definition) is 2. The Kier molecular flexibility index (Phi) is 6.76. The topological polar surface area (TPSA) is 97.1 Å². The van der Waals surface area contributed by atoms with E-state index in [9.17, 15) is 9.00 Å². The zero-order chi connectivity index (χ0) is 23.8. The van der Waals surface area contributed by atoms with Gasteiger partial charge in [-0.05, 0) is 69.9 Å². The Bertz CT molecular complexity index is 1440. The molecule has 0 radical (unpaired) electrons. The Balaban J connectivity index is 1.37. The number of nitrogens with one attached hydrogen (secondary N) is 1. The second kappa shape index (κ2) is 9.79. The SMILES string of the molecule is O=C(CSc1nnc(Br)n1-c1ccc(C2CC2)c2ccccc12)Nc1ccc(S(=O)O)cc1Cl. The number of rotatable bonds is 7. The van der Waals surface area contributed by atoms with Gasteiger partial charge in [0.1, 0.15) is 0 Å². The number of fused-ring (bicyclic) bond motifs is 1. The maximum absolute atomic E-state index is 12.6. The summed E-state index contributed by atoms with van der Waals surface area (Å²) in [4.78, 5) is 12.7. The first-order chi connectivity index (χ1) is 16.4. The summed E-state index contributed by atoms with van der Waals surface area (Å²) in [6.45, 7) is 0. The molecule has 0 spiro atoms. The summed E-state index contributed by atoms with van der Waals surface area (Å²) in [5.41, 5.74) is 2.67. The number of halogens is 2. The molecule has 1 aliphatic rings. The third kappa shape index (κ3) is 4.78. The smallest absolute Gasteiger partial charge is 0.234 e. The monoisotopic (exact) mass is 576 g/mol. The molecular formula is C23H18BrClN4O3S2. The molecule has 1 heterocycles. The number of benzene rings is 3. The fraction of sp³-hybridized carbons (Fsp3) is 0.174. The van der Waals surface area contributed by atoms with Crippen LogP contribution in [0.5, 0.6) is 0 Å². The number of thioether (sulfide) groups is 1. The summed E-state index contributed by atoms with van der Waals surface area (Å²) >= 11 is 8.75. The lowest BCUT2D eigenvalue weighted by molar-refractivity contribution is -0.113. The molecule has 1 aliphatic carbocycles. The van der Waals surface area contributed by atoms with Crippen LogP contribution in [0.25, 0.3) is 16.5 Å². The Hall–Kier alpha value is -2.24. The van der Waals surface area contributed by atoms with E-state index in [0.717, 1.165) is 11.1 Å². The van der Waals surface area contributed by atoms with Crippen molar-refractivity contribution in [2.75, 3.05) is 11.1 Å². The number of anilines is 1. The fourth-order valence-corrected chi connectivity index (χ4v) is 5.82. The first-order valence-corrected chi connectivity index (χ1v) is 13.6. The summed E-state index contributed by atoms with van der Waals surface area (Å²) in [5, 5.41) is 14.2. The molecule has 1 fully saturated rings. The van der Waals surface area contributed by atoms with Crippen LogP contribution in [0.1, 0.15) is 24.3 Å². The first kappa shape index (κ1) is 23.5. The van der Waals surface area contributed by atoms with Crippen molar-refractivity contribution in [2.24, 2.45) is 0 Å². The summed E-state index contributed by atoms with van der Waals surface area (Å²) in [7, 11) is 0. The van der Waals surface area contributed by atoms with Crippen molar-refractivity contribution >= 4 is 72.7 Å². The zero-order valence-corrected chi connectivity index (χ0v) is 21.5. The van der Waals surface area contributed by atoms with Gasteiger partial charge in [-0.25, -0.2) is 4.21 Å². The molecule has 1 atom stereocenters. The van der Waals surface area contributed by atoms with Crippen LogP contribution >= 0.6 is 39.3 Å². The maximum Gasteiger partial charge on any atom is 0.234 e. The fourth-order valence-electron chi connectivity index (χ4n) is 3.82. The molecule has 1 saturated carbocycles. The van der Waals surface area contributed by atoms with Gasteiger partial charge in [0.2, 0.25) is 10.6 Å². The van der Waals surface area contributed by atoms with Gasteiger partial charge in [-0.15, -0.1) is 10.2 Å². The van der Waals surface area contributed by atoms with E-state index in [4.69, 9.17) is 16.2 Å². The highest BCUT2D eigenvalue weighted by Crippen LogP contribution is 2.44. The largest absolute Gasteiger partial charge is 0.324 e. The molecule has 174 valence electrons. The lowest BCUT2D eigenvalue weighted by Crippen LogP contribution is -2.15. The average molecular weight is 578 g/mol. The molecule has 4 aromatic rings. The van der Waals surface area contributed by atoms with Crippen molar-refractivity contribution in [3.63, 3.8) is 0 Å². The molecule has 1 aromatic heterocycles. The van der Waals surface area contributed by atoms with E-state index in [1.807, 2.05) is 10.6 Å². The summed E-state index contributed by atoms with van der Waals surface area (Å²) < 4.78 is 22.8. The van der Waals surface area contributed by atoms with E-state index in [0.29, 0.717) is 21.5 Å². The van der Waals surface area contributed by atoms with Crippen LogP contribution in [0, 0.1) is 0 Å². The van der Waals surface area contributed by atoms with Gasteiger partial charge < -0.3 is 9.87 Å². The van der Waals surface area contributed by atoms with Crippen LogP contribution in [-0.2, 0) is 15.9 Å². The normalized spacial score (nSPS) is 14.3. The summed E-state index contributed by atoms with van der Waals surface area (Å²) in [5.74, 6) is 0.413. The Morgan fingerprint density at radius 2 is 1.94 bits per heavy atom. The third-order valence-corrected chi connectivity index (χ3v) is 7.95. The predicted octanol–water partition coefficient (Wildman–Crippen LogP) is 6.03. The van der Waals surface area contributed by atoms with Gasteiger partial charge in [-0.1, -0.05) is 53.7 Å². The van der Waals surface area contributed by atoms with Crippen LogP contribution in [0.4, 0.5) is 5.69 Å². The van der Waals surface area contributed by atoms with E-state index in [-0.39, 0.29) is 21.6 Å². The Morgan fingerprint density at radius 1 is 1.18 bits per heavy atom. The quantitative estimate of drug-likeness (QED) is 0.206. The van der Waals surface area contributed by atoms with Crippen molar-refractivity contribution < 1.29 is 13.6 Å². The molecule has 2 N–H and O–H groups in total. The van der Waals surface area contributed by atoms with Gasteiger partial charge in [-0.2, -0.15) is 0 Å². The van der Waals surface area contributed by atoms with E-state index in [1.54, 1.807) is 0 Å².